The number of benzene rings is 3. The van der Waals surface area contributed by atoms with E-state index in [0.29, 0.717) is 16.4 Å². The number of rotatable bonds is 6. The van der Waals surface area contributed by atoms with E-state index >= 15 is 0 Å². The SMILES string of the molecule is Cc1ccc(N(CC(=O)Nc2ccc(Br)cc2)S(=O)(=O)c2ccc(Cl)cc2)cc1. The third kappa shape index (κ3) is 5.38. The Labute approximate surface area is 183 Å². The van der Waals surface area contributed by atoms with Crippen molar-refractivity contribution in [2.75, 3.05) is 16.2 Å². The second-order valence-electron chi connectivity index (χ2n) is 6.36. The highest BCUT2D eigenvalue weighted by molar-refractivity contribution is 9.10. The van der Waals surface area contributed by atoms with Crippen LogP contribution < -0.4 is 9.62 Å². The lowest BCUT2D eigenvalue weighted by atomic mass is 10.2. The van der Waals surface area contributed by atoms with Gasteiger partial charge in [-0.3, -0.25) is 9.10 Å². The van der Waals surface area contributed by atoms with Gasteiger partial charge in [0, 0.05) is 15.2 Å². The topological polar surface area (TPSA) is 66.5 Å². The lowest BCUT2D eigenvalue weighted by Crippen LogP contribution is -2.38. The van der Waals surface area contributed by atoms with Crippen LogP contribution in [0.3, 0.4) is 0 Å². The van der Waals surface area contributed by atoms with Gasteiger partial charge in [0.1, 0.15) is 6.54 Å². The van der Waals surface area contributed by atoms with E-state index in [1.165, 1.54) is 24.3 Å². The molecular formula is C21H18BrClN2O3S. The van der Waals surface area contributed by atoms with Gasteiger partial charge < -0.3 is 5.32 Å². The van der Waals surface area contributed by atoms with Crippen LogP contribution in [0.15, 0.2) is 82.2 Å². The van der Waals surface area contributed by atoms with Crippen molar-refractivity contribution < 1.29 is 13.2 Å². The molecule has 0 unspecified atom stereocenters. The molecule has 29 heavy (non-hydrogen) atoms. The number of hydrogen-bond donors (Lipinski definition) is 1. The fraction of sp³-hybridized carbons (Fsp3) is 0.0952. The van der Waals surface area contributed by atoms with Crippen LogP contribution in [0.25, 0.3) is 0 Å². The number of sulfonamides is 1. The van der Waals surface area contributed by atoms with Gasteiger partial charge in [0.25, 0.3) is 10.0 Å². The molecule has 5 nitrogen and oxygen atoms in total. The standard InChI is InChI=1S/C21H18BrClN2O3S/c1-15-2-10-19(11-3-15)25(29(27,28)20-12-6-17(23)7-13-20)14-21(26)24-18-8-4-16(22)5-9-18/h2-13H,14H2,1H3,(H,24,26). The first-order valence-corrected chi connectivity index (χ1v) is 11.3. The average Bonchev–Trinajstić information content (AvgIpc) is 2.69. The predicted octanol–water partition coefficient (Wildman–Crippen LogP) is 5.24. The van der Waals surface area contributed by atoms with E-state index in [2.05, 4.69) is 21.2 Å². The van der Waals surface area contributed by atoms with Gasteiger partial charge in [-0.05, 0) is 67.6 Å². The highest BCUT2D eigenvalue weighted by atomic mass is 79.9. The van der Waals surface area contributed by atoms with Gasteiger partial charge in [-0.25, -0.2) is 8.42 Å². The molecular weight excluding hydrogens is 476 g/mol. The van der Waals surface area contributed by atoms with E-state index in [9.17, 15) is 13.2 Å². The number of aryl methyl sites for hydroxylation is 1. The molecule has 3 aromatic carbocycles. The molecule has 8 heteroatoms. The van der Waals surface area contributed by atoms with E-state index in [1.807, 2.05) is 6.92 Å². The van der Waals surface area contributed by atoms with Crippen molar-refractivity contribution in [1.82, 2.24) is 0 Å². The smallest absolute Gasteiger partial charge is 0.264 e. The number of amides is 1. The van der Waals surface area contributed by atoms with E-state index < -0.39 is 15.9 Å². The van der Waals surface area contributed by atoms with Crippen molar-refractivity contribution in [3.05, 3.63) is 87.9 Å². The summed E-state index contributed by atoms with van der Waals surface area (Å²) in [4.78, 5) is 12.7. The van der Waals surface area contributed by atoms with Crippen LogP contribution in [-0.2, 0) is 14.8 Å². The third-order valence-electron chi connectivity index (χ3n) is 4.14. The maximum atomic E-state index is 13.3. The van der Waals surface area contributed by atoms with E-state index in [4.69, 9.17) is 11.6 Å². The molecule has 0 aliphatic rings. The Morgan fingerprint density at radius 2 is 1.55 bits per heavy atom. The third-order valence-corrected chi connectivity index (χ3v) is 6.71. The van der Waals surface area contributed by atoms with Crippen LogP contribution in [0.5, 0.6) is 0 Å². The minimum absolute atomic E-state index is 0.0546. The van der Waals surface area contributed by atoms with E-state index in [1.54, 1.807) is 48.5 Å². The predicted molar refractivity (Wildman–Crippen MR) is 120 cm³/mol. The van der Waals surface area contributed by atoms with Gasteiger partial charge in [-0.1, -0.05) is 45.2 Å². The highest BCUT2D eigenvalue weighted by Gasteiger charge is 2.27. The zero-order valence-corrected chi connectivity index (χ0v) is 18.6. The largest absolute Gasteiger partial charge is 0.325 e. The number of nitrogens with zero attached hydrogens (tertiary/aromatic N) is 1. The Morgan fingerprint density at radius 3 is 2.14 bits per heavy atom. The second-order valence-corrected chi connectivity index (χ2v) is 9.57. The van der Waals surface area contributed by atoms with Gasteiger partial charge >= 0.3 is 0 Å². The molecule has 1 amide bonds. The van der Waals surface area contributed by atoms with Gasteiger partial charge in [-0.15, -0.1) is 0 Å². The fourth-order valence-electron chi connectivity index (χ4n) is 2.62. The summed E-state index contributed by atoms with van der Waals surface area (Å²) in [6, 6.07) is 19.8. The Morgan fingerprint density at radius 1 is 0.966 bits per heavy atom. The molecule has 3 rings (SSSR count). The number of hydrogen-bond acceptors (Lipinski definition) is 3. The summed E-state index contributed by atoms with van der Waals surface area (Å²) in [6.07, 6.45) is 0. The van der Waals surface area contributed by atoms with Crippen LogP contribution in [0.4, 0.5) is 11.4 Å². The van der Waals surface area contributed by atoms with E-state index in [-0.39, 0.29) is 11.4 Å². The molecule has 0 aromatic heterocycles. The lowest BCUT2D eigenvalue weighted by Gasteiger charge is -2.24. The van der Waals surface area contributed by atoms with Gasteiger partial charge in [0.15, 0.2) is 0 Å². The highest BCUT2D eigenvalue weighted by Crippen LogP contribution is 2.25. The van der Waals surface area contributed by atoms with Gasteiger partial charge in [-0.2, -0.15) is 0 Å². The number of carbonyl (C=O) groups excluding carboxylic acids is 1. The van der Waals surface area contributed by atoms with Crippen LogP contribution in [0.2, 0.25) is 5.02 Å². The first-order chi connectivity index (χ1) is 13.8. The van der Waals surface area contributed by atoms with Gasteiger partial charge in [0.2, 0.25) is 5.91 Å². The maximum absolute atomic E-state index is 13.3. The fourth-order valence-corrected chi connectivity index (χ4v) is 4.44. The molecule has 1 N–H and O–H groups in total. The van der Waals surface area contributed by atoms with E-state index in [0.717, 1.165) is 14.3 Å². The van der Waals surface area contributed by atoms with Crippen molar-refractivity contribution in [3.63, 3.8) is 0 Å². The summed E-state index contributed by atoms with van der Waals surface area (Å²) in [5.41, 5.74) is 1.96. The lowest BCUT2D eigenvalue weighted by molar-refractivity contribution is -0.114. The molecule has 0 aliphatic carbocycles. The molecule has 0 aliphatic heterocycles. The van der Waals surface area contributed by atoms with Crippen molar-refractivity contribution in [1.29, 1.82) is 0 Å². The Hall–Kier alpha value is -2.35. The normalized spacial score (nSPS) is 11.1. The number of anilines is 2. The molecule has 150 valence electrons. The second kappa shape index (κ2) is 8.98. The summed E-state index contributed by atoms with van der Waals surface area (Å²) >= 11 is 9.22. The summed E-state index contributed by atoms with van der Waals surface area (Å²) < 4.78 is 28.5. The molecule has 0 saturated carbocycles. The molecule has 0 spiro atoms. The van der Waals surface area contributed by atoms with Crippen LogP contribution >= 0.6 is 27.5 Å². The molecule has 3 aromatic rings. The Kier molecular flexibility index (Phi) is 6.62. The first-order valence-electron chi connectivity index (χ1n) is 8.66. The molecule has 0 saturated heterocycles. The number of carbonyl (C=O) groups is 1. The monoisotopic (exact) mass is 492 g/mol. The summed E-state index contributed by atoms with van der Waals surface area (Å²) in [5.74, 6) is -0.453. The molecule has 0 heterocycles. The van der Waals surface area contributed by atoms with Crippen LogP contribution in [0, 0.1) is 6.92 Å². The average molecular weight is 494 g/mol. The minimum atomic E-state index is -3.97. The quantitative estimate of drug-likeness (QED) is 0.510. The molecule has 0 radical (unpaired) electrons. The number of nitrogens with one attached hydrogen (secondary N) is 1. The maximum Gasteiger partial charge on any atom is 0.264 e. The zero-order valence-electron chi connectivity index (χ0n) is 15.5. The zero-order chi connectivity index (χ0) is 21.0. The first kappa shape index (κ1) is 21.4. The summed E-state index contributed by atoms with van der Waals surface area (Å²) in [5, 5.41) is 3.16. The summed E-state index contributed by atoms with van der Waals surface area (Å²) in [6.45, 7) is 1.53. The van der Waals surface area contributed by atoms with Crippen molar-refractivity contribution in [2.24, 2.45) is 0 Å². The Balaban J connectivity index is 1.92. The van der Waals surface area contributed by atoms with Crippen molar-refractivity contribution in [2.45, 2.75) is 11.8 Å². The van der Waals surface area contributed by atoms with Crippen molar-refractivity contribution >= 4 is 54.8 Å². The molecule has 0 fully saturated rings. The molecule has 0 bridgehead atoms. The minimum Gasteiger partial charge on any atom is -0.325 e. The van der Waals surface area contributed by atoms with Gasteiger partial charge in [0.05, 0.1) is 10.6 Å². The van der Waals surface area contributed by atoms with Crippen molar-refractivity contribution in [3.8, 4) is 0 Å². The Bertz CT molecular complexity index is 1100. The number of halogens is 2. The van der Waals surface area contributed by atoms with Crippen LogP contribution in [-0.4, -0.2) is 20.9 Å². The molecule has 0 atom stereocenters. The van der Waals surface area contributed by atoms with Crippen LogP contribution in [0.1, 0.15) is 5.56 Å². The summed E-state index contributed by atoms with van der Waals surface area (Å²) in [7, 11) is -3.97.